The molecule has 0 aliphatic heterocycles. The van der Waals surface area contributed by atoms with Crippen molar-refractivity contribution in [1.29, 1.82) is 5.26 Å². The van der Waals surface area contributed by atoms with Crippen molar-refractivity contribution in [3.63, 3.8) is 0 Å². The summed E-state index contributed by atoms with van der Waals surface area (Å²) in [5.74, 6) is -0.664. The molecule has 2 N–H and O–H groups in total. The van der Waals surface area contributed by atoms with Gasteiger partial charge in [0.15, 0.2) is 0 Å². The first-order valence-corrected chi connectivity index (χ1v) is 10.2. The Labute approximate surface area is 185 Å². The molecule has 0 saturated carbocycles. The van der Waals surface area contributed by atoms with E-state index in [1.807, 2.05) is 6.07 Å². The number of halogens is 3. The number of hydrogen-bond acceptors (Lipinski definition) is 6. The number of benzene rings is 2. The highest BCUT2D eigenvalue weighted by molar-refractivity contribution is 7.09. The van der Waals surface area contributed by atoms with Crippen LogP contribution in [0.1, 0.15) is 28.2 Å². The predicted molar refractivity (Wildman–Crippen MR) is 112 cm³/mol. The highest BCUT2D eigenvalue weighted by Gasteiger charge is 2.58. The highest BCUT2D eigenvalue weighted by Crippen LogP contribution is 2.43. The van der Waals surface area contributed by atoms with Crippen molar-refractivity contribution in [3.05, 3.63) is 75.7 Å². The van der Waals surface area contributed by atoms with Crippen molar-refractivity contribution >= 4 is 22.9 Å². The highest BCUT2D eigenvalue weighted by atomic mass is 32.1. The summed E-state index contributed by atoms with van der Waals surface area (Å²) in [6.07, 6.45) is -6.33. The summed E-state index contributed by atoms with van der Waals surface area (Å²) in [6.45, 7) is 1.66. The number of nitrogens with zero attached hydrogens (tertiary/aromatic N) is 2. The molecule has 1 aromatic heterocycles. The first-order valence-electron chi connectivity index (χ1n) is 9.34. The number of hydrogen-bond donors (Lipinski definition) is 2. The standard InChI is InChI=1S/C22H18F3N3O3S/c1-14-13-32-20(27-14)21(30,22(23,24)25)10-19(29)28-17-6-3-7-18(9-17)31-12-16-5-2-4-15(8-16)11-26/h2-9,13,30H,10,12H2,1H3,(H,28,29). The van der Waals surface area contributed by atoms with E-state index in [0.29, 0.717) is 28.3 Å². The maximum Gasteiger partial charge on any atom is 0.424 e. The lowest BCUT2D eigenvalue weighted by Gasteiger charge is -2.27. The molecule has 0 fully saturated rings. The van der Waals surface area contributed by atoms with E-state index < -0.39 is 29.1 Å². The Hall–Kier alpha value is -3.42. The maximum absolute atomic E-state index is 13.6. The molecular formula is C22H18F3N3O3S. The Morgan fingerprint density at radius 3 is 2.66 bits per heavy atom. The van der Waals surface area contributed by atoms with Gasteiger partial charge < -0.3 is 15.2 Å². The fourth-order valence-corrected chi connectivity index (χ4v) is 3.75. The normalized spacial score (nSPS) is 13.1. The van der Waals surface area contributed by atoms with Crippen molar-refractivity contribution in [3.8, 4) is 11.8 Å². The SMILES string of the molecule is Cc1csc(C(O)(CC(=O)Nc2cccc(OCc3cccc(C#N)c3)c2)C(F)(F)F)n1. The number of ether oxygens (including phenoxy) is 1. The van der Waals surface area contributed by atoms with Crippen LogP contribution >= 0.6 is 11.3 Å². The molecule has 2 aromatic carbocycles. The van der Waals surface area contributed by atoms with E-state index in [1.165, 1.54) is 24.4 Å². The van der Waals surface area contributed by atoms with Crippen LogP contribution in [0.3, 0.4) is 0 Å². The molecule has 0 spiro atoms. The van der Waals surface area contributed by atoms with Gasteiger partial charge in [0.1, 0.15) is 17.4 Å². The molecule has 0 aliphatic rings. The van der Waals surface area contributed by atoms with Gasteiger partial charge in [0.25, 0.3) is 0 Å². The van der Waals surface area contributed by atoms with Gasteiger partial charge in [0, 0.05) is 22.8 Å². The maximum atomic E-state index is 13.6. The third-order valence-electron chi connectivity index (χ3n) is 4.44. The summed E-state index contributed by atoms with van der Waals surface area (Å²) in [7, 11) is 0. The Bertz CT molecular complexity index is 1160. The molecule has 166 valence electrons. The Morgan fingerprint density at radius 2 is 2.00 bits per heavy atom. The zero-order chi connectivity index (χ0) is 23.4. The van der Waals surface area contributed by atoms with Gasteiger partial charge in [-0.05, 0) is 36.8 Å². The van der Waals surface area contributed by atoms with Crippen LogP contribution in [0.25, 0.3) is 0 Å². The number of carbonyl (C=O) groups excluding carboxylic acids is 1. The molecule has 0 bridgehead atoms. The van der Waals surface area contributed by atoms with Crippen LogP contribution in [0, 0.1) is 18.3 Å². The van der Waals surface area contributed by atoms with E-state index in [1.54, 1.807) is 36.4 Å². The number of nitrogens with one attached hydrogen (secondary N) is 1. The average Bonchev–Trinajstić information content (AvgIpc) is 3.18. The number of carbonyl (C=O) groups is 1. The molecule has 0 radical (unpaired) electrons. The third kappa shape index (κ3) is 5.43. The fraction of sp³-hybridized carbons (Fsp3) is 0.227. The second-order valence-electron chi connectivity index (χ2n) is 7.01. The predicted octanol–water partition coefficient (Wildman–Crippen LogP) is 4.68. The van der Waals surface area contributed by atoms with Crippen molar-refractivity contribution in [2.75, 3.05) is 5.32 Å². The number of anilines is 1. The van der Waals surface area contributed by atoms with Crippen LogP contribution in [-0.2, 0) is 17.0 Å². The van der Waals surface area contributed by atoms with E-state index in [9.17, 15) is 23.1 Å². The quantitative estimate of drug-likeness (QED) is 0.533. The minimum atomic E-state index is -5.09. The molecule has 1 amide bonds. The summed E-state index contributed by atoms with van der Waals surface area (Å²) < 4.78 is 46.4. The lowest BCUT2D eigenvalue weighted by molar-refractivity contribution is -0.266. The fourth-order valence-electron chi connectivity index (χ4n) is 2.84. The first-order chi connectivity index (χ1) is 15.1. The van der Waals surface area contributed by atoms with Gasteiger partial charge in [-0.1, -0.05) is 18.2 Å². The minimum Gasteiger partial charge on any atom is -0.489 e. The molecule has 1 atom stereocenters. The first kappa shape index (κ1) is 23.2. The van der Waals surface area contributed by atoms with E-state index in [0.717, 1.165) is 5.56 Å². The lowest BCUT2D eigenvalue weighted by Crippen LogP contribution is -2.45. The summed E-state index contributed by atoms with van der Waals surface area (Å²) >= 11 is 0.640. The molecule has 6 nitrogen and oxygen atoms in total. The average molecular weight is 461 g/mol. The molecule has 0 saturated heterocycles. The van der Waals surface area contributed by atoms with Crippen LogP contribution < -0.4 is 10.1 Å². The van der Waals surface area contributed by atoms with Gasteiger partial charge in [-0.2, -0.15) is 18.4 Å². The number of aliphatic hydroxyl groups is 1. The van der Waals surface area contributed by atoms with Crippen LogP contribution in [0.5, 0.6) is 5.75 Å². The van der Waals surface area contributed by atoms with Crippen LogP contribution in [0.4, 0.5) is 18.9 Å². The van der Waals surface area contributed by atoms with E-state index in [4.69, 9.17) is 10.00 Å². The molecule has 32 heavy (non-hydrogen) atoms. The monoisotopic (exact) mass is 461 g/mol. The number of alkyl halides is 3. The number of aryl methyl sites for hydroxylation is 1. The number of nitriles is 1. The zero-order valence-corrected chi connectivity index (χ0v) is 17.6. The van der Waals surface area contributed by atoms with Crippen molar-refractivity contribution in [1.82, 2.24) is 4.98 Å². The zero-order valence-electron chi connectivity index (χ0n) is 16.8. The van der Waals surface area contributed by atoms with Gasteiger partial charge in [-0.15, -0.1) is 11.3 Å². The van der Waals surface area contributed by atoms with E-state index >= 15 is 0 Å². The Balaban J connectivity index is 1.69. The minimum absolute atomic E-state index is 0.157. The van der Waals surface area contributed by atoms with Crippen LogP contribution in [0.2, 0.25) is 0 Å². The summed E-state index contributed by atoms with van der Waals surface area (Å²) in [5.41, 5.74) is -1.63. The van der Waals surface area contributed by atoms with Crippen LogP contribution in [-0.4, -0.2) is 22.2 Å². The molecule has 1 unspecified atom stereocenters. The van der Waals surface area contributed by atoms with E-state index in [-0.39, 0.29) is 12.3 Å². The number of thiazole rings is 1. The second kappa shape index (κ2) is 9.38. The number of aromatic nitrogens is 1. The van der Waals surface area contributed by atoms with Crippen molar-refractivity contribution < 1.29 is 27.8 Å². The van der Waals surface area contributed by atoms with E-state index in [2.05, 4.69) is 10.3 Å². The number of rotatable bonds is 7. The summed E-state index contributed by atoms with van der Waals surface area (Å²) in [5, 5.41) is 22.4. The second-order valence-corrected chi connectivity index (χ2v) is 7.86. The van der Waals surface area contributed by atoms with Gasteiger partial charge in [0.05, 0.1) is 18.1 Å². The van der Waals surface area contributed by atoms with Crippen molar-refractivity contribution in [2.45, 2.75) is 31.7 Å². The summed E-state index contributed by atoms with van der Waals surface area (Å²) in [4.78, 5) is 16.1. The summed E-state index contributed by atoms with van der Waals surface area (Å²) in [6, 6.07) is 15.0. The topological polar surface area (TPSA) is 95.2 Å². The molecule has 3 aromatic rings. The van der Waals surface area contributed by atoms with Gasteiger partial charge >= 0.3 is 6.18 Å². The third-order valence-corrected chi connectivity index (χ3v) is 5.55. The van der Waals surface area contributed by atoms with Gasteiger partial charge in [-0.25, -0.2) is 4.98 Å². The lowest BCUT2D eigenvalue weighted by atomic mass is 9.99. The molecule has 1 heterocycles. The molecule has 10 heteroatoms. The molecule has 0 aliphatic carbocycles. The van der Waals surface area contributed by atoms with Crippen molar-refractivity contribution in [2.24, 2.45) is 0 Å². The largest absolute Gasteiger partial charge is 0.489 e. The van der Waals surface area contributed by atoms with Gasteiger partial charge in [0.2, 0.25) is 11.5 Å². The van der Waals surface area contributed by atoms with Gasteiger partial charge in [-0.3, -0.25) is 4.79 Å². The number of amides is 1. The smallest absolute Gasteiger partial charge is 0.424 e. The molecule has 3 rings (SSSR count). The Kier molecular flexibility index (Phi) is 6.81. The van der Waals surface area contributed by atoms with Crippen LogP contribution in [0.15, 0.2) is 53.9 Å². The Morgan fingerprint density at radius 1 is 1.25 bits per heavy atom. The molecular weight excluding hydrogens is 443 g/mol.